The van der Waals surface area contributed by atoms with Crippen molar-refractivity contribution in [2.24, 2.45) is 0 Å². The van der Waals surface area contributed by atoms with Gasteiger partial charge in [-0.15, -0.1) is 0 Å². The van der Waals surface area contributed by atoms with Crippen LogP contribution in [-0.4, -0.2) is 15.0 Å². The molecule has 0 aromatic carbocycles. The zero-order valence-electron chi connectivity index (χ0n) is 11.1. The number of aromatic nitrogens is 3. The van der Waals surface area contributed by atoms with Crippen LogP contribution in [0, 0.1) is 11.3 Å². The number of hydrogen-bond acceptors (Lipinski definition) is 4. The number of halogens is 3. The highest BCUT2D eigenvalue weighted by atomic mass is 19.4. The summed E-state index contributed by atoms with van der Waals surface area (Å²) in [6, 6.07) is 3.36. The summed E-state index contributed by atoms with van der Waals surface area (Å²) < 4.78 is 38.1. The van der Waals surface area contributed by atoms with Crippen molar-refractivity contribution in [3.8, 4) is 6.07 Å². The van der Waals surface area contributed by atoms with Crippen LogP contribution < -0.4 is 5.32 Å². The first kappa shape index (κ1) is 14.8. The van der Waals surface area contributed by atoms with Crippen LogP contribution in [0.2, 0.25) is 0 Å². The quantitative estimate of drug-likeness (QED) is 0.907. The van der Waals surface area contributed by atoms with Crippen molar-refractivity contribution in [1.82, 2.24) is 15.0 Å². The molecule has 0 spiro atoms. The first-order valence-electron chi connectivity index (χ1n) is 6.19. The lowest BCUT2D eigenvalue weighted by molar-refractivity contribution is -0.141. The van der Waals surface area contributed by atoms with E-state index in [-0.39, 0.29) is 17.4 Å². The molecule has 5 nitrogen and oxygen atoms in total. The maximum atomic E-state index is 12.7. The van der Waals surface area contributed by atoms with E-state index in [0.29, 0.717) is 12.2 Å². The van der Waals surface area contributed by atoms with Gasteiger partial charge >= 0.3 is 6.18 Å². The average Bonchev–Trinajstić information content (AvgIpc) is 2.97. The van der Waals surface area contributed by atoms with Crippen LogP contribution in [0.1, 0.15) is 36.5 Å². The molecule has 0 aliphatic heterocycles. The fourth-order valence-electron chi connectivity index (χ4n) is 1.81. The SMILES string of the molecule is CCC(Nc1nc(C(F)(F)F)ccc1C#N)c1ncc[nH]1. The molecular weight excluding hydrogens is 283 g/mol. The smallest absolute Gasteiger partial charge is 0.359 e. The summed E-state index contributed by atoms with van der Waals surface area (Å²) in [6.07, 6.45) is -0.831. The van der Waals surface area contributed by atoms with Crippen molar-refractivity contribution >= 4 is 5.82 Å². The number of nitriles is 1. The third kappa shape index (κ3) is 3.31. The fourth-order valence-corrected chi connectivity index (χ4v) is 1.81. The van der Waals surface area contributed by atoms with Crippen LogP contribution in [-0.2, 0) is 6.18 Å². The number of nitrogens with one attached hydrogen (secondary N) is 2. The van der Waals surface area contributed by atoms with Crippen LogP contribution in [0.3, 0.4) is 0 Å². The summed E-state index contributed by atoms with van der Waals surface area (Å²) in [6.45, 7) is 1.85. The van der Waals surface area contributed by atoms with E-state index in [2.05, 4.69) is 20.3 Å². The minimum Gasteiger partial charge on any atom is -0.359 e. The summed E-state index contributed by atoms with van der Waals surface area (Å²) >= 11 is 0. The van der Waals surface area contributed by atoms with Crippen molar-refractivity contribution < 1.29 is 13.2 Å². The van der Waals surface area contributed by atoms with E-state index in [9.17, 15) is 13.2 Å². The molecule has 0 aliphatic rings. The molecule has 0 saturated carbocycles. The zero-order chi connectivity index (χ0) is 15.5. The molecule has 0 radical (unpaired) electrons. The lowest BCUT2D eigenvalue weighted by Crippen LogP contribution is -2.16. The number of H-pyrrole nitrogens is 1. The van der Waals surface area contributed by atoms with Gasteiger partial charge in [-0.2, -0.15) is 18.4 Å². The monoisotopic (exact) mass is 295 g/mol. The maximum Gasteiger partial charge on any atom is 0.433 e. The van der Waals surface area contributed by atoms with Crippen molar-refractivity contribution in [2.75, 3.05) is 5.32 Å². The number of imidazole rings is 1. The molecule has 2 aromatic rings. The molecule has 8 heteroatoms. The molecule has 0 fully saturated rings. The number of hydrogen-bond donors (Lipinski definition) is 2. The predicted molar refractivity (Wildman–Crippen MR) is 69.2 cm³/mol. The Hall–Kier alpha value is -2.56. The third-order valence-electron chi connectivity index (χ3n) is 2.87. The van der Waals surface area contributed by atoms with Crippen molar-refractivity contribution in [3.05, 3.63) is 41.6 Å². The second-order valence-corrected chi connectivity index (χ2v) is 4.28. The van der Waals surface area contributed by atoms with E-state index in [1.54, 1.807) is 12.4 Å². The first-order valence-corrected chi connectivity index (χ1v) is 6.19. The number of nitrogens with zero attached hydrogens (tertiary/aromatic N) is 3. The molecule has 1 unspecified atom stereocenters. The average molecular weight is 295 g/mol. The highest BCUT2D eigenvalue weighted by Crippen LogP contribution is 2.30. The van der Waals surface area contributed by atoms with Crippen molar-refractivity contribution in [2.45, 2.75) is 25.6 Å². The van der Waals surface area contributed by atoms with Crippen molar-refractivity contribution in [1.29, 1.82) is 5.26 Å². The molecule has 0 aliphatic carbocycles. The van der Waals surface area contributed by atoms with Gasteiger partial charge in [0.25, 0.3) is 0 Å². The molecule has 110 valence electrons. The van der Waals surface area contributed by atoms with E-state index < -0.39 is 11.9 Å². The van der Waals surface area contributed by atoms with Gasteiger partial charge in [-0.3, -0.25) is 0 Å². The molecule has 21 heavy (non-hydrogen) atoms. The van der Waals surface area contributed by atoms with Crippen LogP contribution in [0.15, 0.2) is 24.5 Å². The molecule has 2 N–H and O–H groups in total. The van der Waals surface area contributed by atoms with Gasteiger partial charge in [-0.25, -0.2) is 9.97 Å². The number of pyridine rings is 1. The Morgan fingerprint density at radius 3 is 2.71 bits per heavy atom. The van der Waals surface area contributed by atoms with E-state index in [1.807, 2.05) is 13.0 Å². The number of alkyl halides is 3. The van der Waals surface area contributed by atoms with Gasteiger partial charge in [0.1, 0.15) is 23.4 Å². The Morgan fingerprint density at radius 2 is 2.19 bits per heavy atom. The standard InChI is InChI=1S/C13H12F3N5/c1-2-9(12-18-5-6-19-12)20-11-8(7-17)3-4-10(21-11)13(14,15)16/h3-6,9H,2H2,1H3,(H,18,19)(H,20,21). The Morgan fingerprint density at radius 1 is 1.43 bits per heavy atom. The summed E-state index contributed by atoms with van der Waals surface area (Å²) in [7, 11) is 0. The largest absolute Gasteiger partial charge is 0.433 e. The van der Waals surface area contributed by atoms with E-state index in [1.165, 1.54) is 0 Å². The molecule has 2 heterocycles. The van der Waals surface area contributed by atoms with Gasteiger partial charge in [0, 0.05) is 12.4 Å². The molecule has 1 atom stereocenters. The molecule has 2 rings (SSSR count). The maximum absolute atomic E-state index is 12.7. The van der Waals surface area contributed by atoms with E-state index in [4.69, 9.17) is 5.26 Å². The van der Waals surface area contributed by atoms with Gasteiger partial charge in [-0.1, -0.05) is 6.92 Å². The fraction of sp³-hybridized carbons (Fsp3) is 0.308. The Bertz CT molecular complexity index is 643. The topological polar surface area (TPSA) is 77.4 Å². The van der Waals surface area contributed by atoms with Gasteiger partial charge in [0.15, 0.2) is 0 Å². The summed E-state index contributed by atoms with van der Waals surface area (Å²) in [5, 5.41) is 11.8. The number of aromatic amines is 1. The second kappa shape index (κ2) is 5.83. The molecular formula is C13H12F3N5. The number of anilines is 1. The summed E-state index contributed by atoms with van der Waals surface area (Å²) in [5.41, 5.74) is -0.994. The lowest BCUT2D eigenvalue weighted by Gasteiger charge is -2.17. The van der Waals surface area contributed by atoms with E-state index >= 15 is 0 Å². The van der Waals surface area contributed by atoms with Gasteiger partial charge in [0.05, 0.1) is 11.6 Å². The first-order chi connectivity index (χ1) is 9.95. The highest BCUT2D eigenvalue weighted by Gasteiger charge is 2.33. The molecule has 0 bridgehead atoms. The lowest BCUT2D eigenvalue weighted by atomic mass is 10.2. The summed E-state index contributed by atoms with van der Waals surface area (Å²) in [4.78, 5) is 10.5. The molecule has 0 saturated heterocycles. The minimum absolute atomic E-state index is 0.0491. The predicted octanol–water partition coefficient (Wildman–Crippen LogP) is 3.26. The zero-order valence-corrected chi connectivity index (χ0v) is 11.1. The Kier molecular flexibility index (Phi) is 4.12. The van der Waals surface area contributed by atoms with Crippen LogP contribution in [0.25, 0.3) is 0 Å². The highest BCUT2D eigenvalue weighted by molar-refractivity contribution is 5.53. The van der Waals surface area contributed by atoms with E-state index in [0.717, 1.165) is 12.1 Å². The second-order valence-electron chi connectivity index (χ2n) is 4.28. The number of rotatable bonds is 4. The molecule has 2 aromatic heterocycles. The third-order valence-corrected chi connectivity index (χ3v) is 2.87. The summed E-state index contributed by atoms with van der Waals surface area (Å²) in [5.74, 6) is 0.469. The van der Waals surface area contributed by atoms with Gasteiger partial charge in [0.2, 0.25) is 0 Å². The normalized spacial score (nSPS) is 12.7. The van der Waals surface area contributed by atoms with Gasteiger partial charge < -0.3 is 10.3 Å². The van der Waals surface area contributed by atoms with Crippen LogP contribution >= 0.6 is 0 Å². The van der Waals surface area contributed by atoms with Gasteiger partial charge in [-0.05, 0) is 18.6 Å². The van der Waals surface area contributed by atoms with Crippen LogP contribution in [0.4, 0.5) is 19.0 Å². The van der Waals surface area contributed by atoms with Crippen LogP contribution in [0.5, 0.6) is 0 Å². The molecule has 0 amide bonds. The minimum atomic E-state index is -4.56. The van der Waals surface area contributed by atoms with Crippen molar-refractivity contribution in [3.63, 3.8) is 0 Å². The Labute approximate surface area is 118 Å². The Balaban J connectivity index is 2.35.